The third kappa shape index (κ3) is 0.867. The Morgan fingerprint density at radius 1 is 1.20 bits per heavy atom. The Kier molecular flexibility index (Phi) is 1.46. The minimum atomic E-state index is 0.873. The van der Waals surface area contributed by atoms with E-state index in [0.29, 0.717) is 0 Å². The van der Waals surface area contributed by atoms with Crippen molar-refractivity contribution in [1.29, 1.82) is 0 Å². The fourth-order valence-corrected chi connectivity index (χ4v) is 2.15. The smallest absolute Gasteiger partial charge is 0.0237 e. The van der Waals surface area contributed by atoms with Crippen LogP contribution in [-0.2, 0) is 0 Å². The zero-order chi connectivity index (χ0) is 7.14. The highest BCUT2D eigenvalue weighted by atomic mass is 15.3. The molecule has 3 rings (SSSR count). The van der Waals surface area contributed by atoms with E-state index in [4.69, 9.17) is 0 Å². The van der Waals surface area contributed by atoms with Crippen molar-refractivity contribution >= 4 is 0 Å². The average molecular weight is 140 g/mol. The third-order valence-corrected chi connectivity index (χ3v) is 3.06. The molecule has 0 saturated carbocycles. The highest BCUT2D eigenvalue weighted by Gasteiger charge is 2.37. The molecule has 0 radical (unpaired) electrons. The lowest BCUT2D eigenvalue weighted by Gasteiger charge is -2.44. The zero-order valence-corrected chi connectivity index (χ0v) is 6.88. The molecule has 0 aromatic rings. The van der Waals surface area contributed by atoms with Crippen LogP contribution in [0.25, 0.3) is 0 Å². The van der Waals surface area contributed by atoms with Gasteiger partial charge >= 0.3 is 0 Å². The molecule has 2 unspecified atom stereocenters. The molecule has 0 aromatic heterocycles. The molecule has 2 bridgehead atoms. The molecule has 2 atom stereocenters. The Bertz CT molecular complexity index is 135. The number of hydrogen-bond donors (Lipinski definition) is 0. The van der Waals surface area contributed by atoms with Gasteiger partial charge < -0.3 is 4.90 Å². The Morgan fingerprint density at radius 3 is 2.70 bits per heavy atom. The number of rotatable bonds is 0. The van der Waals surface area contributed by atoms with Gasteiger partial charge in [0, 0.05) is 18.6 Å². The molecule has 0 spiro atoms. The third-order valence-electron chi connectivity index (χ3n) is 3.06. The molecule has 3 aliphatic rings. The number of fused-ring (bicyclic) bond motifs is 3. The van der Waals surface area contributed by atoms with Gasteiger partial charge in [0.15, 0.2) is 0 Å². The summed E-state index contributed by atoms with van der Waals surface area (Å²) in [4.78, 5) is 4.98. The van der Waals surface area contributed by atoms with Gasteiger partial charge in [0.1, 0.15) is 0 Å². The van der Waals surface area contributed by atoms with E-state index in [0.717, 1.165) is 12.1 Å². The number of likely N-dealkylation sites (N-methyl/N-ethyl adjacent to an activating group) is 2. The first-order valence-electron chi connectivity index (χ1n) is 4.18. The van der Waals surface area contributed by atoms with Gasteiger partial charge in [-0.3, -0.25) is 4.90 Å². The van der Waals surface area contributed by atoms with E-state index in [2.05, 4.69) is 23.9 Å². The van der Waals surface area contributed by atoms with Crippen LogP contribution in [0.15, 0.2) is 0 Å². The highest BCUT2D eigenvalue weighted by Crippen LogP contribution is 2.29. The second kappa shape index (κ2) is 2.21. The molecule has 10 heavy (non-hydrogen) atoms. The van der Waals surface area contributed by atoms with E-state index in [1.54, 1.807) is 0 Å². The quantitative estimate of drug-likeness (QED) is 0.480. The Labute approximate surface area is 62.8 Å². The van der Waals surface area contributed by atoms with Crippen molar-refractivity contribution in [2.24, 2.45) is 0 Å². The van der Waals surface area contributed by atoms with E-state index < -0.39 is 0 Å². The summed E-state index contributed by atoms with van der Waals surface area (Å²) in [5.41, 5.74) is 0. The van der Waals surface area contributed by atoms with Crippen LogP contribution in [0.2, 0.25) is 0 Å². The van der Waals surface area contributed by atoms with Crippen LogP contribution in [0, 0.1) is 0 Å². The summed E-state index contributed by atoms with van der Waals surface area (Å²) in [7, 11) is 4.49. The molecule has 0 amide bonds. The van der Waals surface area contributed by atoms with E-state index >= 15 is 0 Å². The van der Waals surface area contributed by atoms with Crippen LogP contribution in [0.1, 0.15) is 12.8 Å². The second-order valence-corrected chi connectivity index (χ2v) is 3.76. The van der Waals surface area contributed by atoms with Crippen molar-refractivity contribution in [3.63, 3.8) is 0 Å². The minimum Gasteiger partial charge on any atom is -0.305 e. The van der Waals surface area contributed by atoms with Crippen molar-refractivity contribution in [2.45, 2.75) is 24.9 Å². The van der Waals surface area contributed by atoms with E-state index in [9.17, 15) is 0 Å². The van der Waals surface area contributed by atoms with Crippen molar-refractivity contribution in [1.82, 2.24) is 9.80 Å². The lowest BCUT2D eigenvalue weighted by Crippen LogP contribution is -2.54. The molecule has 3 saturated heterocycles. The van der Waals surface area contributed by atoms with E-state index in [1.165, 1.54) is 25.9 Å². The lowest BCUT2D eigenvalue weighted by molar-refractivity contribution is 0.0516. The Morgan fingerprint density at radius 2 is 2.00 bits per heavy atom. The molecular weight excluding hydrogens is 124 g/mol. The molecule has 58 valence electrons. The summed E-state index contributed by atoms with van der Waals surface area (Å²) in [6, 6.07) is 1.78. The Balaban J connectivity index is 2.01. The van der Waals surface area contributed by atoms with Crippen LogP contribution in [0.5, 0.6) is 0 Å². The van der Waals surface area contributed by atoms with Crippen molar-refractivity contribution in [3.05, 3.63) is 0 Å². The van der Waals surface area contributed by atoms with Crippen LogP contribution in [0.3, 0.4) is 0 Å². The summed E-state index contributed by atoms with van der Waals surface area (Å²) in [6.45, 7) is 2.58. The first-order chi connectivity index (χ1) is 4.77. The van der Waals surface area contributed by atoms with Crippen LogP contribution >= 0.6 is 0 Å². The predicted octanol–water partition coefficient (Wildman–Crippen LogP) is 0.395. The normalized spacial score (nSPS) is 42.6. The van der Waals surface area contributed by atoms with E-state index in [-0.39, 0.29) is 0 Å². The summed E-state index contributed by atoms with van der Waals surface area (Å²) in [5, 5.41) is 0. The van der Waals surface area contributed by atoms with Gasteiger partial charge in [0.2, 0.25) is 0 Å². The average Bonchev–Trinajstić information content (AvgIpc) is 2.17. The summed E-state index contributed by atoms with van der Waals surface area (Å²) in [5.74, 6) is 0. The van der Waals surface area contributed by atoms with Gasteiger partial charge in [-0.25, -0.2) is 0 Å². The summed E-state index contributed by atoms with van der Waals surface area (Å²) >= 11 is 0. The zero-order valence-electron chi connectivity index (χ0n) is 6.88. The van der Waals surface area contributed by atoms with Gasteiger partial charge in [0.25, 0.3) is 0 Å². The maximum absolute atomic E-state index is 2.53. The molecular formula is C8H16N2. The molecule has 3 aliphatic heterocycles. The lowest BCUT2D eigenvalue weighted by atomic mass is 9.93. The van der Waals surface area contributed by atoms with Crippen LogP contribution in [-0.4, -0.2) is 49.1 Å². The SMILES string of the molecule is CN1CCC2CC(C1)N2C. The van der Waals surface area contributed by atoms with Crippen LogP contribution in [0.4, 0.5) is 0 Å². The fourth-order valence-electron chi connectivity index (χ4n) is 2.15. The molecule has 0 aromatic carbocycles. The maximum atomic E-state index is 2.53. The number of nitrogens with zero attached hydrogens (tertiary/aromatic N) is 2. The van der Waals surface area contributed by atoms with Gasteiger partial charge in [-0.05, 0) is 33.5 Å². The molecule has 3 fully saturated rings. The molecule has 2 nitrogen and oxygen atoms in total. The predicted molar refractivity (Wildman–Crippen MR) is 42.1 cm³/mol. The largest absolute Gasteiger partial charge is 0.305 e. The topological polar surface area (TPSA) is 6.48 Å². The first-order valence-corrected chi connectivity index (χ1v) is 4.18. The monoisotopic (exact) mass is 140 g/mol. The summed E-state index contributed by atoms with van der Waals surface area (Å²) in [6.07, 6.45) is 2.82. The minimum absolute atomic E-state index is 0.873. The first kappa shape index (κ1) is 6.62. The van der Waals surface area contributed by atoms with Crippen molar-refractivity contribution < 1.29 is 0 Å². The molecule has 2 heteroatoms. The van der Waals surface area contributed by atoms with E-state index in [1.807, 2.05) is 0 Å². The number of hydrogen-bond acceptors (Lipinski definition) is 2. The molecule has 0 N–H and O–H groups in total. The van der Waals surface area contributed by atoms with Gasteiger partial charge in [-0.15, -0.1) is 0 Å². The summed E-state index contributed by atoms with van der Waals surface area (Å²) < 4.78 is 0. The molecule has 0 aliphatic carbocycles. The van der Waals surface area contributed by atoms with Crippen LogP contribution < -0.4 is 0 Å². The van der Waals surface area contributed by atoms with Crippen molar-refractivity contribution in [3.8, 4) is 0 Å². The molecule has 3 heterocycles. The second-order valence-electron chi connectivity index (χ2n) is 3.76. The highest BCUT2D eigenvalue weighted by molar-refractivity contribution is 4.94. The van der Waals surface area contributed by atoms with Gasteiger partial charge in [0.05, 0.1) is 0 Å². The van der Waals surface area contributed by atoms with Crippen molar-refractivity contribution in [2.75, 3.05) is 27.2 Å². The van der Waals surface area contributed by atoms with Gasteiger partial charge in [-0.1, -0.05) is 0 Å². The van der Waals surface area contributed by atoms with Gasteiger partial charge in [-0.2, -0.15) is 0 Å². The fraction of sp³-hybridized carbons (Fsp3) is 1.00. The standard InChI is InChI=1S/C8H16N2/c1-9-4-3-7-5-8(6-9)10(7)2/h7-8H,3-6H2,1-2H3. The Hall–Kier alpha value is -0.0800. The maximum Gasteiger partial charge on any atom is 0.0237 e.